The highest BCUT2D eigenvalue weighted by Gasteiger charge is 2.16. The van der Waals surface area contributed by atoms with Gasteiger partial charge in [0, 0.05) is 36.8 Å². The van der Waals surface area contributed by atoms with Gasteiger partial charge in [0.1, 0.15) is 5.01 Å². The summed E-state index contributed by atoms with van der Waals surface area (Å²) < 4.78 is 0. The molecule has 0 bridgehead atoms. The van der Waals surface area contributed by atoms with Gasteiger partial charge in [0.05, 0.1) is 5.69 Å². The van der Waals surface area contributed by atoms with E-state index in [0.29, 0.717) is 0 Å². The molecule has 0 spiro atoms. The molecule has 3 rings (SSSR count). The van der Waals surface area contributed by atoms with Gasteiger partial charge >= 0.3 is 0 Å². The van der Waals surface area contributed by atoms with Crippen molar-refractivity contribution >= 4 is 17.0 Å². The molecular formula is C14H17N3S. The zero-order chi connectivity index (χ0) is 12.5. The molecule has 1 aliphatic heterocycles. The number of aromatic nitrogens is 1. The Balaban J connectivity index is 1.92. The quantitative estimate of drug-likeness (QED) is 0.918. The third-order valence-corrected chi connectivity index (χ3v) is 4.30. The predicted octanol–water partition coefficient (Wildman–Crippen LogP) is 2.52. The summed E-state index contributed by atoms with van der Waals surface area (Å²) in [5, 5.41) is 6.39. The smallest absolute Gasteiger partial charge is 0.123 e. The molecule has 3 nitrogen and oxygen atoms in total. The maximum absolute atomic E-state index is 4.66. The Kier molecular flexibility index (Phi) is 3.06. The van der Waals surface area contributed by atoms with Crippen molar-refractivity contribution in [2.24, 2.45) is 0 Å². The van der Waals surface area contributed by atoms with Crippen molar-refractivity contribution in [3.8, 4) is 10.6 Å². The fraction of sp³-hybridized carbons (Fsp3) is 0.357. The van der Waals surface area contributed by atoms with Crippen LogP contribution in [-0.4, -0.2) is 25.6 Å². The molecule has 0 amide bonds. The Morgan fingerprint density at radius 1 is 1.44 bits per heavy atom. The number of hydrogen-bond donors (Lipinski definition) is 1. The number of hydrogen-bond acceptors (Lipinski definition) is 4. The van der Waals surface area contributed by atoms with Gasteiger partial charge in [0.2, 0.25) is 0 Å². The fourth-order valence-electron chi connectivity index (χ4n) is 2.40. The number of fused-ring (bicyclic) bond motifs is 1. The normalized spacial score (nSPS) is 14.0. The molecule has 94 valence electrons. The molecule has 1 aromatic heterocycles. The van der Waals surface area contributed by atoms with E-state index < -0.39 is 0 Å². The molecule has 0 saturated heterocycles. The van der Waals surface area contributed by atoms with Crippen molar-refractivity contribution < 1.29 is 0 Å². The van der Waals surface area contributed by atoms with Gasteiger partial charge in [-0.1, -0.05) is 0 Å². The highest BCUT2D eigenvalue weighted by atomic mass is 32.1. The summed E-state index contributed by atoms with van der Waals surface area (Å²) in [6.45, 7) is 1.96. The van der Waals surface area contributed by atoms with Crippen molar-refractivity contribution in [3.05, 3.63) is 34.8 Å². The van der Waals surface area contributed by atoms with Crippen LogP contribution in [-0.2, 0) is 13.0 Å². The average molecular weight is 259 g/mol. The summed E-state index contributed by atoms with van der Waals surface area (Å²) in [5.41, 5.74) is 5.18. The lowest BCUT2D eigenvalue weighted by molar-refractivity contribution is 0.798. The summed E-state index contributed by atoms with van der Waals surface area (Å²) in [4.78, 5) is 6.97. The monoisotopic (exact) mass is 259 g/mol. The number of rotatable bonds is 3. The lowest BCUT2D eigenvalue weighted by Gasteiger charge is -2.11. The Bertz CT molecular complexity index is 562. The Labute approximate surface area is 111 Å². The van der Waals surface area contributed by atoms with Gasteiger partial charge in [0.25, 0.3) is 0 Å². The number of nitrogens with one attached hydrogen (secondary N) is 1. The first-order chi connectivity index (χ1) is 8.78. The van der Waals surface area contributed by atoms with Gasteiger partial charge in [-0.2, -0.15) is 0 Å². The second kappa shape index (κ2) is 4.71. The van der Waals surface area contributed by atoms with Gasteiger partial charge < -0.3 is 10.2 Å². The number of anilines is 1. The van der Waals surface area contributed by atoms with Crippen LogP contribution in [0.25, 0.3) is 10.6 Å². The largest absolute Gasteiger partial charge is 0.374 e. The summed E-state index contributed by atoms with van der Waals surface area (Å²) in [5.74, 6) is 0. The number of nitrogens with zero attached hydrogens (tertiary/aromatic N) is 2. The highest BCUT2D eigenvalue weighted by Crippen LogP contribution is 2.32. The van der Waals surface area contributed by atoms with Crippen LogP contribution in [0.5, 0.6) is 0 Å². The maximum atomic E-state index is 4.66. The van der Waals surface area contributed by atoms with E-state index in [-0.39, 0.29) is 0 Å². The zero-order valence-corrected chi connectivity index (χ0v) is 11.5. The van der Waals surface area contributed by atoms with Crippen molar-refractivity contribution in [3.63, 3.8) is 0 Å². The Morgan fingerprint density at radius 3 is 3.17 bits per heavy atom. The summed E-state index contributed by atoms with van der Waals surface area (Å²) >= 11 is 1.72. The lowest BCUT2D eigenvalue weighted by Crippen LogP contribution is -2.12. The first kappa shape index (κ1) is 11.7. The van der Waals surface area contributed by atoms with Crippen LogP contribution in [0.4, 0.5) is 5.69 Å². The molecule has 2 aromatic rings. The molecule has 2 heterocycles. The van der Waals surface area contributed by atoms with Crippen molar-refractivity contribution in [2.45, 2.75) is 13.0 Å². The maximum Gasteiger partial charge on any atom is 0.123 e. The van der Waals surface area contributed by atoms with Gasteiger partial charge in [-0.15, -0.1) is 11.3 Å². The molecule has 0 saturated carbocycles. The van der Waals surface area contributed by atoms with Crippen molar-refractivity contribution in [1.82, 2.24) is 10.3 Å². The lowest BCUT2D eigenvalue weighted by atomic mass is 10.1. The number of thiazole rings is 1. The van der Waals surface area contributed by atoms with E-state index in [2.05, 4.69) is 45.8 Å². The molecule has 1 aliphatic rings. The first-order valence-electron chi connectivity index (χ1n) is 6.21. The van der Waals surface area contributed by atoms with Gasteiger partial charge in [-0.25, -0.2) is 4.98 Å². The van der Waals surface area contributed by atoms with E-state index in [1.165, 1.54) is 16.8 Å². The van der Waals surface area contributed by atoms with E-state index in [9.17, 15) is 0 Å². The van der Waals surface area contributed by atoms with Crippen LogP contribution in [0.2, 0.25) is 0 Å². The van der Waals surface area contributed by atoms with Crippen LogP contribution in [0, 0.1) is 0 Å². The first-order valence-corrected chi connectivity index (χ1v) is 7.09. The molecule has 1 aromatic carbocycles. The summed E-state index contributed by atoms with van der Waals surface area (Å²) in [7, 11) is 4.10. The molecule has 0 atom stereocenters. The standard InChI is InChI=1S/C14H17N3S/c1-15-8-12-9-18-14(16-12)11-3-4-13-10(7-11)5-6-17(13)2/h3-4,7,9,15H,5-6,8H2,1-2H3. The van der Waals surface area contributed by atoms with Gasteiger partial charge in [-0.3, -0.25) is 0 Å². The highest BCUT2D eigenvalue weighted by molar-refractivity contribution is 7.13. The minimum Gasteiger partial charge on any atom is -0.374 e. The van der Waals surface area contributed by atoms with E-state index in [1.807, 2.05) is 7.05 Å². The summed E-state index contributed by atoms with van der Waals surface area (Å²) in [6, 6.07) is 6.69. The predicted molar refractivity (Wildman–Crippen MR) is 77.3 cm³/mol. The molecule has 0 fully saturated rings. The third kappa shape index (κ3) is 2.02. The Hall–Kier alpha value is -1.39. The molecule has 0 aliphatic carbocycles. The topological polar surface area (TPSA) is 28.2 Å². The number of benzene rings is 1. The van der Waals surface area contributed by atoms with Crippen LogP contribution in [0.15, 0.2) is 23.6 Å². The third-order valence-electron chi connectivity index (χ3n) is 3.36. The van der Waals surface area contributed by atoms with E-state index in [4.69, 9.17) is 0 Å². The molecule has 1 N–H and O–H groups in total. The van der Waals surface area contributed by atoms with Crippen molar-refractivity contribution in [1.29, 1.82) is 0 Å². The van der Waals surface area contributed by atoms with Crippen LogP contribution < -0.4 is 10.2 Å². The minimum atomic E-state index is 0.837. The number of likely N-dealkylation sites (N-methyl/N-ethyl adjacent to an activating group) is 1. The van der Waals surface area contributed by atoms with E-state index in [1.54, 1.807) is 11.3 Å². The van der Waals surface area contributed by atoms with E-state index in [0.717, 1.165) is 30.2 Å². The summed E-state index contributed by atoms with van der Waals surface area (Å²) in [6.07, 6.45) is 1.15. The molecule has 18 heavy (non-hydrogen) atoms. The molecule has 0 radical (unpaired) electrons. The molecule has 0 unspecified atom stereocenters. The minimum absolute atomic E-state index is 0.837. The fourth-order valence-corrected chi connectivity index (χ4v) is 3.22. The van der Waals surface area contributed by atoms with Crippen LogP contribution >= 0.6 is 11.3 Å². The second-order valence-electron chi connectivity index (χ2n) is 4.69. The van der Waals surface area contributed by atoms with E-state index >= 15 is 0 Å². The SMILES string of the molecule is CNCc1csc(-c2ccc3c(c2)CCN3C)n1. The molecular weight excluding hydrogens is 242 g/mol. The molecule has 4 heteroatoms. The van der Waals surface area contributed by atoms with Crippen LogP contribution in [0.3, 0.4) is 0 Å². The Morgan fingerprint density at radius 2 is 2.33 bits per heavy atom. The average Bonchev–Trinajstić information content (AvgIpc) is 2.97. The van der Waals surface area contributed by atoms with Crippen molar-refractivity contribution in [2.75, 3.05) is 25.5 Å². The second-order valence-corrected chi connectivity index (χ2v) is 5.55. The van der Waals surface area contributed by atoms with Gasteiger partial charge in [0.15, 0.2) is 0 Å². The van der Waals surface area contributed by atoms with Gasteiger partial charge in [-0.05, 0) is 37.2 Å². The zero-order valence-electron chi connectivity index (χ0n) is 10.7. The van der Waals surface area contributed by atoms with Crippen LogP contribution in [0.1, 0.15) is 11.3 Å².